The van der Waals surface area contributed by atoms with E-state index in [1.54, 1.807) is 20.8 Å². The zero-order chi connectivity index (χ0) is 33.3. The summed E-state index contributed by atoms with van der Waals surface area (Å²) in [7, 11) is 0. The van der Waals surface area contributed by atoms with Gasteiger partial charge in [0.05, 0.1) is 112 Å². The maximum atomic E-state index is 11.5. The van der Waals surface area contributed by atoms with E-state index in [1.165, 1.54) is 0 Å². The van der Waals surface area contributed by atoms with Gasteiger partial charge in [-0.3, -0.25) is 9.59 Å². The average molecular weight is 657 g/mol. The number of esters is 2. The molecule has 0 heterocycles. The fraction of sp³-hybridized carbons (Fsp3) is 0.900. The number of carboxylic acid groups (broad SMARTS) is 1. The Bertz CT molecular complexity index is 699. The summed E-state index contributed by atoms with van der Waals surface area (Å²) in [5.41, 5.74) is -0.518. The molecule has 0 aromatic carbocycles. The summed E-state index contributed by atoms with van der Waals surface area (Å²) < 4.78 is 58.6. The van der Waals surface area contributed by atoms with Gasteiger partial charge in [0.15, 0.2) is 0 Å². The molecule has 0 aliphatic rings. The monoisotopic (exact) mass is 656 g/mol. The fourth-order valence-corrected chi connectivity index (χ4v) is 3.12. The molecule has 0 aliphatic heterocycles. The number of hydrogen-bond donors (Lipinski definition) is 1. The highest BCUT2D eigenvalue weighted by Gasteiger charge is 2.15. The summed E-state index contributed by atoms with van der Waals surface area (Å²) in [4.78, 5) is 33.3. The molecule has 1 N–H and O–H groups in total. The van der Waals surface area contributed by atoms with Gasteiger partial charge in [-0.05, 0) is 33.6 Å². The lowest BCUT2D eigenvalue weighted by Crippen LogP contribution is -2.27. The molecule has 15 heteroatoms. The Hall–Kier alpha value is -1.95. The molecule has 266 valence electrons. The maximum Gasteiger partial charge on any atom is 0.332 e. The lowest BCUT2D eigenvalue weighted by Gasteiger charge is -2.19. The zero-order valence-corrected chi connectivity index (χ0v) is 27.4. The number of carbonyl (C=O) groups excluding carboxylic acids is 2. The van der Waals surface area contributed by atoms with Crippen molar-refractivity contribution in [1.82, 2.24) is 0 Å². The van der Waals surface area contributed by atoms with Gasteiger partial charge in [-0.15, -0.1) is 0 Å². The first-order valence-corrected chi connectivity index (χ1v) is 15.5. The molecule has 0 aromatic heterocycles. The Morgan fingerprint density at radius 3 is 1.09 bits per heavy atom. The largest absolute Gasteiger partial charge is 0.481 e. The topological polar surface area (TPSA) is 173 Å². The van der Waals surface area contributed by atoms with Crippen molar-refractivity contribution in [2.45, 2.75) is 52.1 Å². The van der Waals surface area contributed by atoms with Crippen LogP contribution < -0.4 is 0 Å². The van der Waals surface area contributed by atoms with Crippen molar-refractivity contribution < 1.29 is 71.6 Å². The third-order valence-corrected chi connectivity index (χ3v) is 5.13. The highest BCUT2D eigenvalue weighted by atomic mass is 16.6. The second kappa shape index (κ2) is 32.0. The van der Waals surface area contributed by atoms with E-state index in [9.17, 15) is 14.4 Å². The molecule has 0 fully saturated rings. The quantitative estimate of drug-likeness (QED) is 0.0782. The Morgan fingerprint density at radius 2 is 0.756 bits per heavy atom. The molecule has 0 saturated carbocycles. The number of carbonyl (C=O) groups is 3. The van der Waals surface area contributed by atoms with Crippen molar-refractivity contribution in [3.8, 4) is 0 Å². The predicted octanol–water partition coefficient (Wildman–Crippen LogP) is 1.67. The van der Waals surface area contributed by atoms with E-state index < -0.39 is 17.5 Å². The second-order valence-corrected chi connectivity index (χ2v) is 10.4. The summed E-state index contributed by atoms with van der Waals surface area (Å²) in [6.45, 7) is 12.7. The Balaban J connectivity index is 3.15. The van der Waals surface area contributed by atoms with Crippen molar-refractivity contribution in [2.24, 2.45) is 0 Å². The standard InChI is InChI=1S/C30H56O15/c1-30(2,3)45-29(34)26-43-23-22-41-19-18-39-15-14-37-11-10-35-8-9-36-12-13-38-16-17-40-20-21-42-24-25-44-28(33)7-5-4-6-27(31)32/h4-26H2,1-3H3,(H,31,32). The van der Waals surface area contributed by atoms with Gasteiger partial charge >= 0.3 is 17.9 Å². The van der Waals surface area contributed by atoms with Crippen molar-refractivity contribution in [3.05, 3.63) is 0 Å². The van der Waals surface area contributed by atoms with Crippen LogP contribution in [-0.2, 0) is 66.5 Å². The van der Waals surface area contributed by atoms with Crippen molar-refractivity contribution in [2.75, 3.05) is 126 Å². The molecule has 15 nitrogen and oxygen atoms in total. The molecule has 45 heavy (non-hydrogen) atoms. The van der Waals surface area contributed by atoms with Gasteiger partial charge in [-0.1, -0.05) is 0 Å². The van der Waals surface area contributed by atoms with Gasteiger partial charge in [0.25, 0.3) is 0 Å². The molecular weight excluding hydrogens is 600 g/mol. The number of unbranched alkanes of at least 4 members (excludes halogenated alkanes) is 1. The molecule has 0 unspecified atom stereocenters. The SMILES string of the molecule is CC(C)(C)OC(=O)COCCOCCOCCOCCOCCOCCOCCOCCOCCOC(=O)CCCCC(=O)O. The minimum absolute atomic E-state index is 0.0570. The van der Waals surface area contributed by atoms with E-state index >= 15 is 0 Å². The first kappa shape index (κ1) is 43.0. The molecule has 0 bridgehead atoms. The van der Waals surface area contributed by atoms with E-state index in [2.05, 4.69) is 0 Å². The van der Waals surface area contributed by atoms with E-state index in [4.69, 9.17) is 57.2 Å². The van der Waals surface area contributed by atoms with Gasteiger partial charge in [0.1, 0.15) is 18.8 Å². The normalized spacial score (nSPS) is 11.5. The molecule has 0 aromatic rings. The first-order chi connectivity index (χ1) is 21.7. The van der Waals surface area contributed by atoms with Crippen LogP contribution in [-0.4, -0.2) is 154 Å². The maximum absolute atomic E-state index is 11.5. The average Bonchev–Trinajstić information content (AvgIpc) is 2.97. The van der Waals surface area contributed by atoms with Crippen LogP contribution in [0.25, 0.3) is 0 Å². The molecule has 0 spiro atoms. The van der Waals surface area contributed by atoms with Crippen LogP contribution in [0.1, 0.15) is 46.5 Å². The molecular formula is C30H56O15. The number of hydrogen-bond acceptors (Lipinski definition) is 14. The summed E-state index contributed by atoms with van der Waals surface area (Å²) >= 11 is 0. The summed E-state index contributed by atoms with van der Waals surface area (Å²) in [6, 6.07) is 0. The van der Waals surface area contributed by atoms with Gasteiger partial charge in [0, 0.05) is 12.8 Å². The van der Waals surface area contributed by atoms with Crippen molar-refractivity contribution in [3.63, 3.8) is 0 Å². The van der Waals surface area contributed by atoms with Crippen molar-refractivity contribution >= 4 is 17.9 Å². The highest BCUT2D eigenvalue weighted by Crippen LogP contribution is 2.06. The molecule has 0 amide bonds. The van der Waals surface area contributed by atoms with E-state index in [1.807, 2.05) is 0 Å². The molecule has 0 atom stereocenters. The van der Waals surface area contributed by atoms with Gasteiger partial charge in [-0.2, -0.15) is 0 Å². The van der Waals surface area contributed by atoms with E-state index in [0.29, 0.717) is 119 Å². The van der Waals surface area contributed by atoms with E-state index in [0.717, 1.165) is 0 Å². The molecule has 0 saturated heterocycles. The molecule has 0 radical (unpaired) electrons. The fourth-order valence-electron chi connectivity index (χ4n) is 3.12. The Morgan fingerprint density at radius 1 is 0.444 bits per heavy atom. The van der Waals surface area contributed by atoms with Crippen LogP contribution >= 0.6 is 0 Å². The van der Waals surface area contributed by atoms with Crippen molar-refractivity contribution in [1.29, 1.82) is 0 Å². The molecule has 0 rings (SSSR count). The number of ether oxygens (including phenoxy) is 11. The minimum atomic E-state index is -0.866. The van der Waals surface area contributed by atoms with Crippen LogP contribution in [0.4, 0.5) is 0 Å². The number of rotatable bonds is 34. The van der Waals surface area contributed by atoms with E-state index in [-0.39, 0.29) is 38.6 Å². The summed E-state index contributed by atoms with van der Waals surface area (Å²) in [5, 5.41) is 8.54. The Kier molecular flexibility index (Phi) is 30.6. The van der Waals surface area contributed by atoms with Crippen LogP contribution in [0.2, 0.25) is 0 Å². The van der Waals surface area contributed by atoms with Crippen LogP contribution in [0.15, 0.2) is 0 Å². The van der Waals surface area contributed by atoms with Crippen LogP contribution in [0.3, 0.4) is 0 Å². The third-order valence-electron chi connectivity index (χ3n) is 5.13. The van der Waals surface area contributed by atoms with Crippen LogP contribution in [0, 0.1) is 0 Å². The number of carboxylic acids is 1. The summed E-state index contributed by atoms with van der Waals surface area (Å²) in [6.07, 6.45) is 1.22. The predicted molar refractivity (Wildman–Crippen MR) is 160 cm³/mol. The van der Waals surface area contributed by atoms with Gasteiger partial charge in [0.2, 0.25) is 0 Å². The summed E-state index contributed by atoms with van der Waals surface area (Å²) in [5.74, 6) is -1.61. The molecule has 0 aliphatic carbocycles. The third kappa shape index (κ3) is 38.1. The zero-order valence-electron chi connectivity index (χ0n) is 27.4. The Labute approximate surface area is 267 Å². The smallest absolute Gasteiger partial charge is 0.332 e. The lowest BCUT2D eigenvalue weighted by molar-refractivity contribution is -0.160. The second-order valence-electron chi connectivity index (χ2n) is 10.4. The van der Waals surface area contributed by atoms with Crippen LogP contribution in [0.5, 0.6) is 0 Å². The van der Waals surface area contributed by atoms with Gasteiger partial charge in [-0.25, -0.2) is 4.79 Å². The first-order valence-electron chi connectivity index (χ1n) is 15.5. The van der Waals surface area contributed by atoms with Gasteiger partial charge < -0.3 is 57.2 Å². The highest BCUT2D eigenvalue weighted by molar-refractivity contribution is 5.71. The number of aliphatic carboxylic acids is 1. The lowest BCUT2D eigenvalue weighted by atomic mass is 10.2. The minimum Gasteiger partial charge on any atom is -0.481 e.